The van der Waals surface area contributed by atoms with Gasteiger partial charge in [-0.1, -0.05) is 36.2 Å². The quantitative estimate of drug-likeness (QED) is 0.0923. The van der Waals surface area contributed by atoms with Crippen molar-refractivity contribution in [1.82, 2.24) is 24.1 Å². The zero-order valence-corrected chi connectivity index (χ0v) is 39.1. The van der Waals surface area contributed by atoms with Gasteiger partial charge in [0.25, 0.3) is 6.33 Å². The van der Waals surface area contributed by atoms with Crippen molar-refractivity contribution in [1.29, 1.82) is 0 Å². The smallest absolute Gasteiger partial charge is 0.350 e. The zero-order valence-electron chi connectivity index (χ0n) is 36.0. The number of ether oxygens (including phenoxy) is 3. The highest BCUT2D eigenvalue weighted by molar-refractivity contribution is 6.37. The molecule has 2 aliphatic heterocycles. The molecule has 0 saturated carbocycles. The lowest BCUT2D eigenvalue weighted by atomic mass is 9.87. The minimum atomic E-state index is -1.15. The molecule has 4 heterocycles. The Morgan fingerprint density at radius 1 is 0.954 bits per heavy atom. The molecule has 0 spiro atoms. The van der Waals surface area contributed by atoms with Crippen LogP contribution in [0.2, 0.25) is 10.0 Å². The SMILES string of the molecule is CC[C@@H]([C@H](C)O)n1ncn(-c2ccc(N3CCN(c4ccc(OCC5CO[C@](Cn6c[n+](Cc7cc(Cl)c(OC(C)=O)c(Cl)c7)cn6)(c6ccc(F)cc6F)C5)cc4)CC3)cc2)c1=O.[Br-]. The molecular formula is C46H49BrCl2F2N8O6. The summed E-state index contributed by atoms with van der Waals surface area (Å²) >= 11 is 12.7. The summed E-state index contributed by atoms with van der Waals surface area (Å²) in [5.74, 6) is -1.24. The molecule has 0 amide bonds. The summed E-state index contributed by atoms with van der Waals surface area (Å²) in [6.07, 6.45) is 5.16. The van der Waals surface area contributed by atoms with E-state index in [0.717, 1.165) is 49.2 Å². The van der Waals surface area contributed by atoms with Crippen molar-refractivity contribution in [2.24, 2.45) is 5.92 Å². The first-order valence-corrected chi connectivity index (χ1v) is 21.9. The van der Waals surface area contributed by atoms with Crippen LogP contribution < -0.4 is 46.5 Å². The molecule has 2 fully saturated rings. The average Bonchev–Trinajstić information content (AvgIpc) is 4.00. The fourth-order valence-electron chi connectivity index (χ4n) is 8.61. The van der Waals surface area contributed by atoms with Crippen LogP contribution in [0, 0.1) is 17.6 Å². The molecule has 2 aromatic heterocycles. The lowest BCUT2D eigenvalue weighted by Gasteiger charge is -2.37. The highest BCUT2D eigenvalue weighted by Gasteiger charge is 2.46. The highest BCUT2D eigenvalue weighted by atomic mass is 79.9. The van der Waals surface area contributed by atoms with Crippen LogP contribution in [0.1, 0.15) is 50.8 Å². The zero-order chi connectivity index (χ0) is 45.1. The molecule has 65 heavy (non-hydrogen) atoms. The Kier molecular flexibility index (Phi) is 15.0. The van der Waals surface area contributed by atoms with Crippen molar-refractivity contribution < 1.29 is 54.4 Å². The predicted molar refractivity (Wildman–Crippen MR) is 237 cm³/mol. The van der Waals surface area contributed by atoms with E-state index in [9.17, 15) is 19.1 Å². The van der Waals surface area contributed by atoms with Gasteiger partial charge in [-0.2, -0.15) is 5.10 Å². The number of nitrogens with zero attached hydrogens (tertiary/aromatic N) is 8. The first kappa shape index (κ1) is 47.6. The van der Waals surface area contributed by atoms with Crippen LogP contribution in [-0.4, -0.2) is 80.7 Å². The van der Waals surface area contributed by atoms with Crippen LogP contribution >= 0.6 is 23.2 Å². The van der Waals surface area contributed by atoms with Crippen molar-refractivity contribution >= 4 is 40.5 Å². The number of aromatic nitrogens is 6. The van der Waals surface area contributed by atoms with E-state index in [4.69, 9.17) is 37.4 Å². The van der Waals surface area contributed by atoms with E-state index in [2.05, 4.69) is 20.0 Å². The highest BCUT2D eigenvalue weighted by Crippen LogP contribution is 2.42. The number of carbonyl (C=O) groups excluding carboxylic acids is 1. The van der Waals surface area contributed by atoms with Crippen LogP contribution in [-0.2, 0) is 28.2 Å². The van der Waals surface area contributed by atoms with Gasteiger partial charge in [-0.05, 0) is 92.1 Å². The minimum Gasteiger partial charge on any atom is -1.00 e. The van der Waals surface area contributed by atoms with Gasteiger partial charge < -0.3 is 46.1 Å². The summed E-state index contributed by atoms with van der Waals surface area (Å²) in [6, 6.07) is 22.3. The van der Waals surface area contributed by atoms with E-state index in [1.54, 1.807) is 41.0 Å². The number of hydrogen-bond donors (Lipinski definition) is 1. The Morgan fingerprint density at radius 2 is 1.58 bits per heavy atom. The molecule has 0 aliphatic carbocycles. The normalized spacial score (nSPS) is 18.3. The van der Waals surface area contributed by atoms with Crippen molar-refractivity contribution in [2.45, 2.75) is 64.4 Å². The monoisotopic (exact) mass is 996 g/mol. The lowest BCUT2D eigenvalue weighted by molar-refractivity contribution is -0.689. The van der Waals surface area contributed by atoms with E-state index < -0.39 is 29.3 Å². The van der Waals surface area contributed by atoms with Gasteiger partial charge in [-0.15, -0.1) is 4.68 Å². The molecule has 8 rings (SSSR count). The number of benzene rings is 4. The largest absolute Gasteiger partial charge is 1.00 e. The summed E-state index contributed by atoms with van der Waals surface area (Å²) in [5.41, 5.74) is 2.40. The molecule has 344 valence electrons. The maximum atomic E-state index is 15.5. The van der Waals surface area contributed by atoms with Crippen LogP contribution in [0.5, 0.6) is 11.5 Å². The molecule has 6 aromatic rings. The van der Waals surface area contributed by atoms with Crippen molar-refractivity contribution in [3.05, 3.63) is 141 Å². The van der Waals surface area contributed by atoms with E-state index in [-0.39, 0.29) is 62.5 Å². The van der Waals surface area contributed by atoms with Gasteiger partial charge in [0.05, 0.1) is 47.6 Å². The molecule has 2 saturated heterocycles. The topological polar surface area (TPSA) is 133 Å². The molecule has 14 nitrogen and oxygen atoms in total. The molecule has 4 aromatic carbocycles. The number of anilines is 2. The van der Waals surface area contributed by atoms with Gasteiger partial charge in [-0.25, -0.2) is 27.4 Å². The Labute approximate surface area is 395 Å². The van der Waals surface area contributed by atoms with Gasteiger partial charge in [0.1, 0.15) is 35.9 Å². The average molecular weight is 999 g/mol. The second-order valence-corrected chi connectivity index (χ2v) is 17.2. The fourth-order valence-corrected chi connectivity index (χ4v) is 9.22. The van der Waals surface area contributed by atoms with Crippen LogP contribution in [0.15, 0.2) is 103 Å². The van der Waals surface area contributed by atoms with E-state index >= 15 is 4.39 Å². The van der Waals surface area contributed by atoms with E-state index in [0.29, 0.717) is 44.0 Å². The summed E-state index contributed by atoms with van der Waals surface area (Å²) in [6.45, 7) is 9.21. The number of hydrogen-bond acceptors (Lipinski definition) is 10. The fraction of sp³-hybridized carbons (Fsp3) is 0.370. The van der Waals surface area contributed by atoms with Crippen molar-refractivity contribution in [3.8, 4) is 17.2 Å². The number of rotatable bonds is 15. The minimum absolute atomic E-state index is 0. The Hall–Kier alpha value is -5.33. The third-order valence-electron chi connectivity index (χ3n) is 11.8. The van der Waals surface area contributed by atoms with Gasteiger partial charge in [0.2, 0.25) is 6.33 Å². The first-order chi connectivity index (χ1) is 30.8. The maximum Gasteiger partial charge on any atom is 0.350 e. The molecule has 4 atom stereocenters. The Bertz CT molecular complexity index is 2630. The van der Waals surface area contributed by atoms with Crippen LogP contribution in [0.4, 0.5) is 20.2 Å². The standard InChI is InChI=1S/C46H49Cl2F2N8O6.BrH/c1-4-43(30(2)59)58-45(61)57(28-52-58)37-8-6-35(7-9-37)54-15-17-55(18-16-54)36-10-12-38(13-11-36)62-24-33-22-46(63-25-33,39-14-5-34(49)21-42(39)50)26-56-29-53(27-51-56)23-32-19-40(47)44(41(48)20-32)64-31(3)60;/h5-14,19-21,27-30,33,43,59H,4,15-18,22-26H2,1-3H3;1H/q+1;/p-1/t30-,33?,43-,46+;/m0./s1. The molecule has 0 radical (unpaired) electrons. The van der Waals surface area contributed by atoms with Gasteiger partial charge in [0, 0.05) is 67.1 Å². The summed E-state index contributed by atoms with van der Waals surface area (Å²) in [7, 11) is 0. The van der Waals surface area contributed by atoms with Crippen molar-refractivity contribution in [2.75, 3.05) is 49.2 Å². The number of carbonyl (C=O) groups is 1. The third kappa shape index (κ3) is 10.7. The number of aliphatic hydroxyl groups is 1. The maximum absolute atomic E-state index is 15.5. The summed E-state index contributed by atoms with van der Waals surface area (Å²) in [4.78, 5) is 29.2. The number of esters is 1. The lowest BCUT2D eigenvalue weighted by Crippen LogP contribution is -3.00. The second kappa shape index (κ2) is 20.5. The molecule has 19 heteroatoms. The summed E-state index contributed by atoms with van der Waals surface area (Å²) in [5, 5.41) is 19.3. The number of aliphatic hydroxyl groups excluding tert-OH is 1. The predicted octanol–water partition coefficient (Wildman–Crippen LogP) is 3.75. The number of halogens is 5. The molecular weight excluding hydrogens is 949 g/mol. The van der Waals surface area contributed by atoms with Crippen LogP contribution in [0.3, 0.4) is 0 Å². The molecule has 1 N–H and O–H groups in total. The van der Waals surface area contributed by atoms with E-state index in [1.165, 1.54) is 34.6 Å². The van der Waals surface area contributed by atoms with E-state index in [1.807, 2.05) is 55.5 Å². The Balaban J connectivity index is 0.00000630. The summed E-state index contributed by atoms with van der Waals surface area (Å²) < 4.78 is 53.7. The van der Waals surface area contributed by atoms with Crippen molar-refractivity contribution in [3.63, 3.8) is 0 Å². The molecule has 0 bridgehead atoms. The number of piperazine rings is 1. The van der Waals surface area contributed by atoms with Gasteiger partial charge >= 0.3 is 11.7 Å². The van der Waals surface area contributed by atoms with Gasteiger partial charge in [0.15, 0.2) is 5.75 Å². The third-order valence-corrected chi connectivity index (χ3v) is 12.4. The molecule has 1 unspecified atom stereocenters. The van der Waals surface area contributed by atoms with Gasteiger partial charge in [-0.3, -0.25) is 4.79 Å². The Morgan fingerprint density at radius 3 is 2.18 bits per heavy atom. The first-order valence-electron chi connectivity index (χ1n) is 21.1. The van der Waals surface area contributed by atoms with Crippen LogP contribution in [0.25, 0.3) is 5.69 Å². The molecule has 2 aliphatic rings. The second-order valence-electron chi connectivity index (χ2n) is 16.3.